The fraction of sp³-hybridized carbons (Fsp3) is 0.154. The Balaban J connectivity index is 1.94. The van der Waals surface area contributed by atoms with Crippen molar-refractivity contribution < 1.29 is 4.74 Å². The number of halogens is 1. The van der Waals surface area contributed by atoms with E-state index in [0.29, 0.717) is 16.5 Å². The summed E-state index contributed by atoms with van der Waals surface area (Å²) < 4.78 is 7.51. The number of rotatable bonds is 3. The molecule has 0 aliphatic heterocycles. The topological polar surface area (TPSA) is 52.3 Å². The molecule has 0 unspecified atom stereocenters. The van der Waals surface area contributed by atoms with E-state index in [2.05, 4.69) is 15.1 Å². The molecular formula is C13H11ClN4O. The molecule has 2 aromatic heterocycles. The van der Waals surface area contributed by atoms with Crippen molar-refractivity contribution in [3.8, 4) is 5.75 Å². The van der Waals surface area contributed by atoms with Crippen LogP contribution in [0.25, 0.3) is 5.78 Å². The molecule has 0 aliphatic carbocycles. The molecule has 1 atom stereocenters. The average molecular weight is 275 g/mol. The summed E-state index contributed by atoms with van der Waals surface area (Å²) in [5, 5.41) is 4.72. The van der Waals surface area contributed by atoms with Gasteiger partial charge in [0.05, 0.1) is 10.7 Å². The summed E-state index contributed by atoms with van der Waals surface area (Å²) in [7, 11) is 0. The molecule has 0 N–H and O–H groups in total. The van der Waals surface area contributed by atoms with Crippen LogP contribution in [0.5, 0.6) is 5.75 Å². The molecule has 3 rings (SSSR count). The van der Waals surface area contributed by atoms with Gasteiger partial charge in [-0.15, -0.1) is 0 Å². The second-order valence-corrected chi connectivity index (χ2v) is 4.44. The molecule has 0 radical (unpaired) electrons. The molecule has 2 heterocycles. The molecule has 0 bridgehead atoms. The first-order valence-corrected chi connectivity index (χ1v) is 6.19. The van der Waals surface area contributed by atoms with Crippen molar-refractivity contribution in [2.45, 2.75) is 13.0 Å². The minimum Gasteiger partial charge on any atom is -0.483 e. The molecule has 6 heteroatoms. The third-order valence-corrected chi connectivity index (χ3v) is 3.08. The van der Waals surface area contributed by atoms with Gasteiger partial charge >= 0.3 is 0 Å². The highest BCUT2D eigenvalue weighted by Crippen LogP contribution is 2.28. The highest BCUT2D eigenvalue weighted by Gasteiger charge is 2.14. The Bertz CT molecular complexity index is 712. The third-order valence-electron chi connectivity index (χ3n) is 2.77. The van der Waals surface area contributed by atoms with Crippen LogP contribution in [0, 0.1) is 0 Å². The number of hydrogen-bond acceptors (Lipinski definition) is 4. The predicted octanol–water partition coefficient (Wildman–Crippen LogP) is 2.92. The SMILES string of the molecule is C[C@H](Oc1ccccc1Cl)c1ccnc2ncnn12. The molecule has 0 aliphatic rings. The molecule has 0 fully saturated rings. The number of ether oxygens (including phenoxy) is 1. The Morgan fingerprint density at radius 3 is 2.89 bits per heavy atom. The van der Waals surface area contributed by atoms with Crippen molar-refractivity contribution in [3.63, 3.8) is 0 Å². The number of para-hydroxylation sites is 1. The van der Waals surface area contributed by atoms with E-state index in [1.165, 1.54) is 6.33 Å². The molecule has 5 nitrogen and oxygen atoms in total. The van der Waals surface area contributed by atoms with Crippen LogP contribution in [0.2, 0.25) is 5.02 Å². The number of fused-ring (bicyclic) bond motifs is 1. The Kier molecular flexibility index (Phi) is 3.05. The standard InChI is InChI=1S/C13H11ClN4O/c1-9(19-12-5-3-2-4-10(12)14)11-6-7-15-13-16-8-17-18(11)13/h2-9H,1H3/t9-/m0/s1. The zero-order valence-corrected chi connectivity index (χ0v) is 10.9. The quantitative estimate of drug-likeness (QED) is 0.737. The van der Waals surface area contributed by atoms with E-state index in [1.807, 2.05) is 31.2 Å². The third kappa shape index (κ3) is 2.24. The summed E-state index contributed by atoms with van der Waals surface area (Å²) in [4.78, 5) is 8.16. The van der Waals surface area contributed by atoms with E-state index in [-0.39, 0.29) is 6.10 Å². The Morgan fingerprint density at radius 1 is 1.21 bits per heavy atom. The second-order valence-electron chi connectivity index (χ2n) is 4.03. The molecule has 19 heavy (non-hydrogen) atoms. The fourth-order valence-corrected chi connectivity index (χ4v) is 2.04. The molecule has 96 valence electrons. The average Bonchev–Trinajstić information content (AvgIpc) is 2.89. The lowest BCUT2D eigenvalue weighted by atomic mass is 10.2. The largest absolute Gasteiger partial charge is 0.483 e. The van der Waals surface area contributed by atoms with Crippen LogP contribution in [0.3, 0.4) is 0 Å². The van der Waals surface area contributed by atoms with Gasteiger partial charge in [0.1, 0.15) is 18.2 Å². The second kappa shape index (κ2) is 4.85. The van der Waals surface area contributed by atoms with Crippen LogP contribution in [0.4, 0.5) is 0 Å². The normalized spacial score (nSPS) is 12.5. The van der Waals surface area contributed by atoms with Gasteiger partial charge in [0.25, 0.3) is 5.78 Å². The maximum absolute atomic E-state index is 6.08. The minimum absolute atomic E-state index is 0.216. The van der Waals surface area contributed by atoms with Gasteiger partial charge < -0.3 is 4.74 Å². The zero-order valence-electron chi connectivity index (χ0n) is 10.2. The lowest BCUT2D eigenvalue weighted by Crippen LogP contribution is -2.10. The van der Waals surface area contributed by atoms with E-state index in [1.54, 1.807) is 16.8 Å². The predicted molar refractivity (Wildman–Crippen MR) is 71.3 cm³/mol. The van der Waals surface area contributed by atoms with E-state index >= 15 is 0 Å². The summed E-state index contributed by atoms with van der Waals surface area (Å²) in [6.07, 6.45) is 2.94. The number of hydrogen-bond donors (Lipinski definition) is 0. The molecular weight excluding hydrogens is 264 g/mol. The first kappa shape index (κ1) is 11.9. The Hall–Kier alpha value is -2.14. The van der Waals surface area contributed by atoms with E-state index in [0.717, 1.165) is 5.69 Å². The van der Waals surface area contributed by atoms with Gasteiger partial charge in [0, 0.05) is 6.20 Å². The lowest BCUT2D eigenvalue weighted by Gasteiger charge is -2.16. The summed E-state index contributed by atoms with van der Waals surface area (Å²) in [6, 6.07) is 9.22. The number of benzene rings is 1. The maximum Gasteiger partial charge on any atom is 0.252 e. The van der Waals surface area contributed by atoms with Gasteiger partial charge in [-0.1, -0.05) is 23.7 Å². The van der Waals surface area contributed by atoms with Gasteiger partial charge in [-0.2, -0.15) is 14.6 Å². The summed E-state index contributed by atoms with van der Waals surface area (Å²) >= 11 is 6.08. The van der Waals surface area contributed by atoms with Crippen molar-refractivity contribution in [1.82, 2.24) is 19.6 Å². The van der Waals surface area contributed by atoms with Gasteiger partial charge in [-0.05, 0) is 25.1 Å². The lowest BCUT2D eigenvalue weighted by molar-refractivity contribution is 0.219. The van der Waals surface area contributed by atoms with Gasteiger partial charge in [-0.25, -0.2) is 4.98 Å². The van der Waals surface area contributed by atoms with Crippen molar-refractivity contribution in [2.75, 3.05) is 0 Å². The van der Waals surface area contributed by atoms with Crippen LogP contribution in [-0.4, -0.2) is 19.6 Å². The summed E-state index contributed by atoms with van der Waals surface area (Å²) in [5.74, 6) is 1.19. The number of nitrogens with zero attached hydrogens (tertiary/aromatic N) is 4. The van der Waals surface area contributed by atoms with Crippen LogP contribution in [0.1, 0.15) is 18.7 Å². The molecule has 0 amide bonds. The fourth-order valence-electron chi connectivity index (χ4n) is 1.86. The van der Waals surface area contributed by atoms with Crippen LogP contribution in [-0.2, 0) is 0 Å². The maximum atomic E-state index is 6.08. The molecule has 1 aromatic carbocycles. The zero-order chi connectivity index (χ0) is 13.2. The van der Waals surface area contributed by atoms with Crippen molar-refractivity contribution in [3.05, 3.63) is 53.6 Å². The van der Waals surface area contributed by atoms with Crippen LogP contribution >= 0.6 is 11.6 Å². The molecule has 3 aromatic rings. The molecule has 0 saturated heterocycles. The Morgan fingerprint density at radius 2 is 2.05 bits per heavy atom. The Labute approximate surface area is 114 Å². The number of aromatic nitrogens is 4. The van der Waals surface area contributed by atoms with Crippen molar-refractivity contribution in [1.29, 1.82) is 0 Å². The summed E-state index contributed by atoms with van der Waals surface area (Å²) in [5.41, 5.74) is 0.863. The van der Waals surface area contributed by atoms with Crippen LogP contribution < -0.4 is 4.74 Å². The van der Waals surface area contributed by atoms with Gasteiger partial charge in [-0.3, -0.25) is 0 Å². The van der Waals surface area contributed by atoms with Gasteiger partial charge in [0.2, 0.25) is 0 Å². The molecule has 0 spiro atoms. The first-order chi connectivity index (χ1) is 9.25. The van der Waals surface area contributed by atoms with Crippen LogP contribution in [0.15, 0.2) is 42.9 Å². The first-order valence-electron chi connectivity index (χ1n) is 5.81. The van der Waals surface area contributed by atoms with Crippen molar-refractivity contribution in [2.24, 2.45) is 0 Å². The van der Waals surface area contributed by atoms with Gasteiger partial charge in [0.15, 0.2) is 0 Å². The minimum atomic E-state index is -0.216. The van der Waals surface area contributed by atoms with E-state index in [9.17, 15) is 0 Å². The van der Waals surface area contributed by atoms with E-state index < -0.39 is 0 Å². The highest BCUT2D eigenvalue weighted by molar-refractivity contribution is 6.32. The highest BCUT2D eigenvalue weighted by atomic mass is 35.5. The summed E-state index contributed by atoms with van der Waals surface area (Å²) in [6.45, 7) is 1.93. The van der Waals surface area contributed by atoms with E-state index in [4.69, 9.17) is 16.3 Å². The smallest absolute Gasteiger partial charge is 0.252 e. The molecule has 0 saturated carbocycles. The monoisotopic (exact) mass is 274 g/mol. The van der Waals surface area contributed by atoms with Crippen molar-refractivity contribution >= 4 is 17.4 Å².